The van der Waals surface area contributed by atoms with Gasteiger partial charge in [0.25, 0.3) is 7.82 Å². The van der Waals surface area contributed by atoms with Crippen LogP contribution in [0.4, 0.5) is 0 Å². The molecule has 1 N–H and O–H groups in total. The average Bonchev–Trinajstić information content (AvgIpc) is 3.02. The molecule has 0 saturated heterocycles. The first-order chi connectivity index (χ1) is 22.9. The zero-order valence-corrected chi connectivity index (χ0v) is 36.1. The maximum Gasteiger partial charge on any atom is 0.316 e. The minimum Gasteiger partial charge on any atom is -0.756 e. The van der Waals surface area contributed by atoms with Gasteiger partial charge in [0, 0.05) is 13.5 Å². The van der Waals surface area contributed by atoms with E-state index in [1.807, 2.05) is 54.0 Å². The molecule has 14 heteroatoms. The van der Waals surface area contributed by atoms with Crippen molar-refractivity contribution >= 4 is 42.8 Å². The number of quaternary nitrogens is 1. The van der Waals surface area contributed by atoms with Gasteiger partial charge in [0.2, 0.25) is 5.91 Å². The molecule has 0 fully saturated rings. The topological polar surface area (TPSA) is 140 Å². The van der Waals surface area contributed by atoms with E-state index >= 15 is 0 Å². The molecule has 0 bridgehead atoms. The van der Waals surface area contributed by atoms with E-state index in [1.165, 1.54) is 0 Å². The number of ether oxygens (including phenoxy) is 2. The Hall–Kier alpha value is -1.44. The van der Waals surface area contributed by atoms with Crippen molar-refractivity contribution in [2.24, 2.45) is 10.8 Å². The Bertz CT molecular complexity index is 1250. The number of hydrogen-bond donors (Lipinski definition) is 1. The highest BCUT2D eigenvalue weighted by Gasteiger charge is 2.48. The highest BCUT2D eigenvalue weighted by molar-refractivity contribution is 7.45. The van der Waals surface area contributed by atoms with Crippen molar-refractivity contribution in [3.8, 4) is 5.75 Å². The lowest BCUT2D eigenvalue weighted by molar-refractivity contribution is -0.870. The summed E-state index contributed by atoms with van der Waals surface area (Å²) in [4.78, 5) is 51.3. The number of nitrogens with one attached hydrogen (secondary N) is 1. The predicted molar refractivity (Wildman–Crippen MR) is 206 cm³/mol. The van der Waals surface area contributed by atoms with E-state index in [0.717, 1.165) is 12.0 Å². The van der Waals surface area contributed by atoms with Gasteiger partial charge in [-0.3, -0.25) is 18.9 Å². The Labute approximate surface area is 306 Å². The molecule has 1 aromatic rings. The third-order valence-electron chi connectivity index (χ3n) is 8.40. The average molecular weight is 765 g/mol. The summed E-state index contributed by atoms with van der Waals surface area (Å²) in [7, 11) is 4.02. The molecule has 5 unspecified atom stereocenters. The summed E-state index contributed by atoms with van der Waals surface area (Å²) in [6, 6.07) is 7.04. The SMILES string of the molecule is CC.CNC(=O)CCc1ccc(OC(=O)C(C)(C)CC(C)(CC(C)(CC(C)(C)PC)PC)C(=O)OCCOP(=O)([O-])OCC[N+](C)(C)C)cc1. The Balaban J connectivity index is 0.0000118. The number of rotatable bonds is 22. The molecule has 5 atom stereocenters. The van der Waals surface area contributed by atoms with Gasteiger partial charge in [0.15, 0.2) is 0 Å². The first-order valence-corrected chi connectivity index (χ1v) is 21.8. The number of amides is 1. The van der Waals surface area contributed by atoms with Crippen LogP contribution < -0.4 is 14.9 Å². The molecule has 1 aromatic carbocycles. The van der Waals surface area contributed by atoms with E-state index in [-0.39, 0.29) is 42.5 Å². The summed E-state index contributed by atoms with van der Waals surface area (Å²) < 4.78 is 34.1. The van der Waals surface area contributed by atoms with Crippen LogP contribution in [0, 0.1) is 10.8 Å². The van der Waals surface area contributed by atoms with Crippen LogP contribution in [-0.2, 0) is 39.2 Å². The number of likely N-dealkylation sites (N-methyl/N-ethyl adjacent to an activating group) is 1. The first-order valence-electron chi connectivity index (χ1n) is 17.4. The van der Waals surface area contributed by atoms with Gasteiger partial charge in [-0.1, -0.05) is 46.8 Å². The molecule has 290 valence electrons. The van der Waals surface area contributed by atoms with Crippen molar-refractivity contribution < 1.29 is 46.8 Å². The number of carbonyl (C=O) groups excluding carboxylic acids is 3. The fraction of sp³-hybridized carbons (Fsp3) is 0.750. The number of nitrogens with zero attached hydrogens (tertiary/aromatic N) is 1. The quantitative estimate of drug-likeness (QED) is 0.0467. The van der Waals surface area contributed by atoms with E-state index in [4.69, 9.17) is 18.5 Å². The van der Waals surface area contributed by atoms with Gasteiger partial charge >= 0.3 is 11.9 Å². The second-order valence-electron chi connectivity index (χ2n) is 15.4. The van der Waals surface area contributed by atoms with E-state index < -0.39 is 30.6 Å². The van der Waals surface area contributed by atoms with Gasteiger partial charge in [0.1, 0.15) is 25.5 Å². The van der Waals surface area contributed by atoms with Gasteiger partial charge in [-0.25, -0.2) is 0 Å². The van der Waals surface area contributed by atoms with Gasteiger partial charge in [0.05, 0.1) is 38.6 Å². The number of phosphoric ester groups is 1. The number of phosphoric acid groups is 1. The summed E-state index contributed by atoms with van der Waals surface area (Å²) in [5.41, 5.74) is -1.23. The Kier molecular flexibility index (Phi) is 20.7. The number of esters is 2. The molecule has 0 heterocycles. The number of hydrogen-bond acceptors (Lipinski definition) is 9. The fourth-order valence-corrected chi connectivity index (χ4v) is 8.30. The smallest absolute Gasteiger partial charge is 0.316 e. The van der Waals surface area contributed by atoms with Crippen molar-refractivity contribution in [2.75, 3.05) is 67.9 Å². The van der Waals surface area contributed by atoms with Crippen molar-refractivity contribution in [1.29, 1.82) is 0 Å². The van der Waals surface area contributed by atoms with Crippen LogP contribution in [0.15, 0.2) is 24.3 Å². The minimum atomic E-state index is -4.57. The lowest BCUT2D eigenvalue weighted by atomic mass is 9.68. The Morgan fingerprint density at radius 3 is 1.90 bits per heavy atom. The van der Waals surface area contributed by atoms with Crippen LogP contribution in [0.3, 0.4) is 0 Å². The van der Waals surface area contributed by atoms with Crippen LogP contribution in [0.25, 0.3) is 0 Å². The van der Waals surface area contributed by atoms with Gasteiger partial charge in [-0.05, 0) is 87.8 Å². The van der Waals surface area contributed by atoms with Crippen LogP contribution in [-0.4, -0.2) is 101 Å². The molecule has 1 rings (SSSR count). The molecule has 0 aliphatic rings. The summed E-state index contributed by atoms with van der Waals surface area (Å²) in [5, 5.41) is 2.45. The summed E-state index contributed by atoms with van der Waals surface area (Å²) in [6.45, 7) is 20.1. The lowest BCUT2D eigenvalue weighted by Gasteiger charge is -2.43. The molecule has 11 nitrogen and oxygen atoms in total. The van der Waals surface area contributed by atoms with E-state index in [9.17, 15) is 23.8 Å². The molecule has 0 aliphatic heterocycles. The maximum absolute atomic E-state index is 13.9. The molecule has 50 heavy (non-hydrogen) atoms. The van der Waals surface area contributed by atoms with Crippen LogP contribution in [0.2, 0.25) is 0 Å². The number of benzene rings is 1. The lowest BCUT2D eigenvalue weighted by Crippen LogP contribution is -2.44. The first kappa shape index (κ1) is 48.6. The van der Waals surface area contributed by atoms with Gasteiger partial charge in [-0.15, -0.1) is 17.2 Å². The molecule has 0 radical (unpaired) electrons. The third kappa shape index (κ3) is 18.9. The molecule has 0 aromatic heterocycles. The summed E-state index contributed by atoms with van der Waals surface area (Å²) >= 11 is 0. The Morgan fingerprint density at radius 1 is 0.840 bits per heavy atom. The molecule has 0 spiro atoms. The van der Waals surface area contributed by atoms with Crippen molar-refractivity contribution in [3.05, 3.63) is 29.8 Å². The second kappa shape index (κ2) is 21.3. The van der Waals surface area contributed by atoms with E-state index in [1.54, 1.807) is 33.0 Å². The third-order valence-corrected chi connectivity index (χ3v) is 12.5. The van der Waals surface area contributed by atoms with E-state index in [2.05, 4.69) is 39.4 Å². The maximum atomic E-state index is 13.9. The number of aryl methyl sites for hydroxylation is 1. The monoisotopic (exact) mass is 764 g/mol. The predicted octanol–water partition coefficient (Wildman–Crippen LogP) is 6.40. The van der Waals surface area contributed by atoms with Crippen molar-refractivity contribution in [2.45, 2.75) is 97.8 Å². The second-order valence-corrected chi connectivity index (χ2v) is 20.4. The molecular formula is C36H67N2O9P3. The zero-order chi connectivity index (χ0) is 39.0. The standard InChI is InChI=1S/C34H61N2O9P3.C2H6/c1-31(2,29(38)45-27-16-13-26(14-17-27)15-18-28(37)35-7)23-33(5,25-34(6,47-12)24-32(3,4)46-11)30(39)42-21-22-44-48(40,41)43-20-19-36(8,9)10;1-2/h13-14,16-17,46-47H,15,18-25H2,1-12H3,(H-,35,37,40,41);1-2H3. The van der Waals surface area contributed by atoms with Crippen LogP contribution >= 0.6 is 25.0 Å². The minimum absolute atomic E-state index is 0.0276. The molecular weight excluding hydrogens is 697 g/mol. The van der Waals surface area contributed by atoms with Gasteiger partial charge < -0.3 is 33.2 Å². The van der Waals surface area contributed by atoms with E-state index in [0.29, 0.717) is 53.2 Å². The molecule has 1 amide bonds. The summed E-state index contributed by atoms with van der Waals surface area (Å²) in [6.07, 6.45) is 2.42. The van der Waals surface area contributed by atoms with Crippen LogP contribution in [0.5, 0.6) is 5.75 Å². The Morgan fingerprint density at radius 2 is 1.40 bits per heavy atom. The molecule has 0 aliphatic carbocycles. The van der Waals surface area contributed by atoms with Crippen molar-refractivity contribution in [1.82, 2.24) is 5.32 Å². The van der Waals surface area contributed by atoms with Gasteiger partial charge in [-0.2, -0.15) is 0 Å². The van der Waals surface area contributed by atoms with Crippen LogP contribution in [0.1, 0.15) is 86.6 Å². The number of carbonyl (C=O) groups is 3. The summed E-state index contributed by atoms with van der Waals surface area (Å²) in [5.74, 6) is -0.697. The highest BCUT2D eigenvalue weighted by Crippen LogP contribution is 2.51. The highest BCUT2D eigenvalue weighted by atomic mass is 31.2. The molecule has 0 saturated carbocycles. The normalized spacial score (nSPS) is 16.2. The fourth-order valence-electron chi connectivity index (χ4n) is 5.69. The zero-order valence-electron chi connectivity index (χ0n) is 33.2. The largest absolute Gasteiger partial charge is 0.756 e. The van der Waals surface area contributed by atoms with Crippen molar-refractivity contribution in [3.63, 3.8) is 0 Å².